The maximum absolute atomic E-state index is 13.8. The van der Waals surface area contributed by atoms with Crippen molar-refractivity contribution in [3.05, 3.63) is 47.5 Å². The fraction of sp³-hybridized carbons (Fsp3) is 0.600. The lowest BCUT2D eigenvalue weighted by molar-refractivity contribution is -0.321. The predicted molar refractivity (Wildman–Crippen MR) is 166 cm³/mol. The second kappa shape index (κ2) is 14.4. The molecule has 1 aromatic heterocycles. The second-order valence-electron chi connectivity index (χ2n) is 13.3. The summed E-state index contributed by atoms with van der Waals surface area (Å²) in [5.41, 5.74) is -0.665. The first kappa shape index (κ1) is 36.8. The monoisotopic (exact) mass is 702 g/mol. The van der Waals surface area contributed by atoms with Crippen molar-refractivity contribution in [2.24, 2.45) is 16.7 Å². The van der Waals surface area contributed by atoms with Crippen LogP contribution in [-0.2, 0) is 66.7 Å². The molecule has 272 valence electrons. The van der Waals surface area contributed by atoms with Crippen molar-refractivity contribution in [3.8, 4) is 0 Å². The number of methoxy groups -OCH3 is 1. The number of hydrogen-bond donors (Lipinski definition) is 0. The topological polar surface area (TPSA) is 189 Å². The molecule has 0 unspecified atom stereocenters. The number of carbonyl (C=O) groups is 6. The lowest BCUT2D eigenvalue weighted by Crippen LogP contribution is -2.65. The molecule has 0 spiro atoms. The number of carbonyl (C=O) groups excluding carboxylic acids is 6. The molecule has 0 amide bonds. The fourth-order valence-corrected chi connectivity index (χ4v) is 7.99. The average Bonchev–Trinajstić information content (AvgIpc) is 3.58. The zero-order valence-corrected chi connectivity index (χ0v) is 29.0. The van der Waals surface area contributed by atoms with Gasteiger partial charge in [-0.3, -0.25) is 19.2 Å². The Kier molecular flexibility index (Phi) is 10.6. The van der Waals surface area contributed by atoms with Gasteiger partial charge in [-0.1, -0.05) is 19.9 Å². The molecule has 2 saturated heterocycles. The molecular weight excluding hydrogens is 660 g/mol. The van der Waals surface area contributed by atoms with Crippen molar-refractivity contribution in [1.29, 1.82) is 0 Å². The van der Waals surface area contributed by atoms with Crippen LogP contribution < -0.4 is 0 Å². The third-order valence-corrected chi connectivity index (χ3v) is 10.0. The largest absolute Gasteiger partial charge is 0.472 e. The number of ether oxygens (including phenoxy) is 8. The van der Waals surface area contributed by atoms with Gasteiger partial charge in [-0.15, -0.1) is 0 Å². The zero-order valence-electron chi connectivity index (χ0n) is 29.0. The molecule has 0 aromatic carbocycles. The van der Waals surface area contributed by atoms with Crippen LogP contribution in [0.3, 0.4) is 0 Å². The molecule has 2 fully saturated rings. The molecule has 0 N–H and O–H groups in total. The lowest BCUT2D eigenvalue weighted by atomic mass is 9.48. The molecule has 50 heavy (non-hydrogen) atoms. The molecule has 15 heteroatoms. The Balaban J connectivity index is 1.63. The maximum atomic E-state index is 13.8. The number of rotatable bonds is 9. The summed E-state index contributed by atoms with van der Waals surface area (Å²) in [4.78, 5) is 76.2. The summed E-state index contributed by atoms with van der Waals surface area (Å²) in [5.74, 6) is -4.65. The van der Waals surface area contributed by atoms with Crippen molar-refractivity contribution in [2.45, 2.75) is 104 Å². The third-order valence-electron chi connectivity index (χ3n) is 10.0. The van der Waals surface area contributed by atoms with Crippen molar-refractivity contribution in [2.75, 3.05) is 13.7 Å². The molecule has 15 nitrogen and oxygen atoms in total. The lowest BCUT2D eigenvalue weighted by Gasteiger charge is -2.58. The molecule has 4 aliphatic rings. The van der Waals surface area contributed by atoms with Crippen molar-refractivity contribution in [1.82, 2.24) is 0 Å². The normalized spacial score (nSPS) is 34.7. The van der Waals surface area contributed by atoms with E-state index in [0.29, 0.717) is 36.0 Å². The van der Waals surface area contributed by atoms with Crippen LogP contribution in [0.15, 0.2) is 46.3 Å². The molecule has 2 aliphatic carbocycles. The van der Waals surface area contributed by atoms with E-state index in [1.54, 1.807) is 18.2 Å². The average molecular weight is 703 g/mol. The highest BCUT2D eigenvalue weighted by molar-refractivity contribution is 5.94. The highest BCUT2D eigenvalue weighted by Gasteiger charge is 2.63. The third kappa shape index (κ3) is 6.93. The number of esters is 6. The van der Waals surface area contributed by atoms with E-state index in [1.807, 2.05) is 13.8 Å². The van der Waals surface area contributed by atoms with Gasteiger partial charge in [0, 0.05) is 55.2 Å². The minimum atomic E-state index is -1.57. The molecule has 0 radical (unpaired) electrons. The minimum Gasteiger partial charge on any atom is -0.472 e. The predicted octanol–water partition coefficient (Wildman–Crippen LogP) is 3.20. The summed E-state index contributed by atoms with van der Waals surface area (Å²) in [6.07, 6.45) is -1.17. The maximum Gasteiger partial charge on any atom is 0.334 e. The highest BCUT2D eigenvalue weighted by Crippen LogP contribution is 2.63. The number of furan rings is 1. The Morgan fingerprint density at radius 2 is 1.58 bits per heavy atom. The standard InChI is InChI=1S/C35H42O15/c1-17(36)44-16-25-28(45-18(2)37)29(46-19(3)38)30(47-20(4)39)33(49-25)50-27-13-23-32(41)48-24(21-11-12-43-15-21)14-34(23,5)26-10-8-9-22(31(40)42-7)35(26,27)6/h9,11-13,15,24-30,33H,8,10,14,16H2,1-7H3/t24-,25+,26-,27-,28+,29-,30+,33-,34+,35-/m0/s1. The fourth-order valence-electron chi connectivity index (χ4n) is 7.99. The number of cyclic esters (lactones) is 1. The second-order valence-corrected chi connectivity index (χ2v) is 13.3. The summed E-state index contributed by atoms with van der Waals surface area (Å²) in [7, 11) is 1.27. The van der Waals surface area contributed by atoms with E-state index in [9.17, 15) is 28.8 Å². The van der Waals surface area contributed by atoms with E-state index in [4.69, 9.17) is 42.3 Å². The number of allylic oxidation sites excluding steroid dienone is 1. The van der Waals surface area contributed by atoms with Crippen LogP contribution >= 0.6 is 0 Å². The van der Waals surface area contributed by atoms with Gasteiger partial charge < -0.3 is 42.3 Å². The molecule has 0 bridgehead atoms. The molecular formula is C35H42O15. The quantitative estimate of drug-likeness (QED) is 0.269. The van der Waals surface area contributed by atoms with E-state index in [2.05, 4.69) is 0 Å². The smallest absolute Gasteiger partial charge is 0.334 e. The van der Waals surface area contributed by atoms with Gasteiger partial charge in [0.2, 0.25) is 0 Å². The Bertz CT molecular complexity index is 1580. The molecule has 0 saturated carbocycles. The van der Waals surface area contributed by atoms with E-state index in [1.165, 1.54) is 26.6 Å². The van der Waals surface area contributed by atoms with Gasteiger partial charge in [0.1, 0.15) is 18.8 Å². The molecule has 3 heterocycles. The van der Waals surface area contributed by atoms with Gasteiger partial charge in [-0.25, -0.2) is 9.59 Å². The van der Waals surface area contributed by atoms with Crippen LogP contribution in [0.1, 0.15) is 72.5 Å². The van der Waals surface area contributed by atoms with E-state index in [0.717, 1.165) is 20.8 Å². The van der Waals surface area contributed by atoms with E-state index < -0.39 is 102 Å². The number of fused-ring (bicyclic) bond motifs is 3. The van der Waals surface area contributed by atoms with Crippen LogP contribution in [0.2, 0.25) is 0 Å². The molecule has 5 rings (SSSR count). The van der Waals surface area contributed by atoms with Crippen LogP contribution in [0.5, 0.6) is 0 Å². The van der Waals surface area contributed by atoms with Crippen molar-refractivity contribution < 1.29 is 71.1 Å². The zero-order chi connectivity index (χ0) is 36.5. The summed E-state index contributed by atoms with van der Waals surface area (Å²) in [5, 5.41) is 0. The first-order valence-electron chi connectivity index (χ1n) is 16.3. The Morgan fingerprint density at radius 3 is 2.18 bits per heavy atom. The summed E-state index contributed by atoms with van der Waals surface area (Å²) in [6.45, 7) is 7.84. The molecule has 10 atom stereocenters. The van der Waals surface area contributed by atoms with Gasteiger partial charge >= 0.3 is 35.8 Å². The van der Waals surface area contributed by atoms with Gasteiger partial charge in [0.05, 0.1) is 25.7 Å². The van der Waals surface area contributed by atoms with Crippen molar-refractivity contribution >= 4 is 35.8 Å². The van der Waals surface area contributed by atoms with Crippen molar-refractivity contribution in [3.63, 3.8) is 0 Å². The number of hydrogen-bond acceptors (Lipinski definition) is 15. The first-order chi connectivity index (χ1) is 23.6. The van der Waals surface area contributed by atoms with Gasteiger partial charge in [0.15, 0.2) is 24.6 Å². The Hall–Kier alpha value is -4.50. The highest BCUT2D eigenvalue weighted by atomic mass is 16.7. The molecule has 2 aliphatic heterocycles. The summed E-state index contributed by atoms with van der Waals surface area (Å²) in [6, 6.07) is 1.73. The van der Waals surface area contributed by atoms with E-state index >= 15 is 0 Å². The first-order valence-corrected chi connectivity index (χ1v) is 16.3. The van der Waals surface area contributed by atoms with Gasteiger partial charge in [0.25, 0.3) is 0 Å². The van der Waals surface area contributed by atoms with Crippen LogP contribution in [-0.4, -0.2) is 86.3 Å². The van der Waals surface area contributed by atoms with Crippen LogP contribution in [0.25, 0.3) is 0 Å². The van der Waals surface area contributed by atoms with Crippen LogP contribution in [0, 0.1) is 16.7 Å². The van der Waals surface area contributed by atoms with Gasteiger partial charge in [-0.05, 0) is 37.3 Å². The summed E-state index contributed by atoms with van der Waals surface area (Å²) >= 11 is 0. The molecule has 1 aromatic rings. The van der Waals surface area contributed by atoms with Gasteiger partial charge in [-0.2, -0.15) is 0 Å². The SMILES string of the molecule is COC(=O)C1=CCC[C@@H]2[C@@]1(C)[C@@H](O[C@@H]1O[C@H](COC(C)=O)[C@@H](OC(C)=O)[C@H](OC(C)=O)[C@H]1OC(C)=O)C=C1C(=O)O[C@H](c3ccoc3)C[C@]12C. The van der Waals surface area contributed by atoms with Crippen LogP contribution in [0.4, 0.5) is 0 Å². The minimum absolute atomic E-state index is 0.308. The van der Waals surface area contributed by atoms with E-state index in [-0.39, 0.29) is 0 Å². The Labute approximate surface area is 288 Å². The summed E-state index contributed by atoms with van der Waals surface area (Å²) < 4.78 is 51.2. The Morgan fingerprint density at radius 1 is 0.920 bits per heavy atom.